The van der Waals surface area contributed by atoms with E-state index in [0.29, 0.717) is 5.75 Å². The molecule has 0 saturated carbocycles. The van der Waals surface area contributed by atoms with Crippen LogP contribution in [0.4, 0.5) is 0 Å². The maximum absolute atomic E-state index is 12.5. The van der Waals surface area contributed by atoms with Crippen molar-refractivity contribution >= 4 is 21.4 Å². The summed E-state index contributed by atoms with van der Waals surface area (Å²) < 4.78 is 32.8. The maximum Gasteiger partial charge on any atom is 0.240 e. The summed E-state index contributed by atoms with van der Waals surface area (Å²) in [5.74, 6) is 0.659. The van der Waals surface area contributed by atoms with Crippen molar-refractivity contribution in [2.75, 3.05) is 7.11 Å². The first-order valence-electron chi connectivity index (χ1n) is 7.60. The van der Waals surface area contributed by atoms with Gasteiger partial charge in [-0.05, 0) is 64.7 Å². The predicted molar refractivity (Wildman–Crippen MR) is 99.3 cm³/mol. The number of aromatic nitrogens is 1. The lowest BCUT2D eigenvalue weighted by molar-refractivity contribution is 0.411. The number of rotatable bonds is 6. The third-order valence-electron chi connectivity index (χ3n) is 3.79. The Bertz CT molecular complexity index is 968. The van der Waals surface area contributed by atoms with Crippen molar-refractivity contribution in [2.24, 2.45) is 0 Å². The number of nitrogens with zero attached hydrogens (tertiary/aromatic N) is 1. The summed E-state index contributed by atoms with van der Waals surface area (Å²) in [4.78, 5) is 4.42. The molecule has 0 amide bonds. The van der Waals surface area contributed by atoms with E-state index in [0.717, 1.165) is 22.3 Å². The van der Waals surface area contributed by atoms with Gasteiger partial charge in [0.25, 0.3) is 0 Å². The molecule has 0 unspecified atom stereocenters. The van der Waals surface area contributed by atoms with Crippen LogP contribution in [0.5, 0.6) is 5.75 Å². The molecule has 0 spiro atoms. The normalized spacial score (nSPS) is 11.4. The van der Waals surface area contributed by atoms with Crippen LogP contribution in [0.1, 0.15) is 11.1 Å². The summed E-state index contributed by atoms with van der Waals surface area (Å²) in [5.41, 5.74) is 3.62. The Morgan fingerprint density at radius 1 is 1.16 bits per heavy atom. The number of hydrogen-bond donors (Lipinski definition) is 1. The van der Waals surface area contributed by atoms with Gasteiger partial charge in [-0.3, -0.25) is 4.98 Å². The molecule has 2 aromatic heterocycles. The summed E-state index contributed by atoms with van der Waals surface area (Å²) in [6.45, 7) is 1.99. The molecule has 0 aliphatic carbocycles. The highest BCUT2D eigenvalue weighted by Crippen LogP contribution is 2.23. The predicted octanol–water partition coefficient (Wildman–Crippen LogP) is 3.61. The van der Waals surface area contributed by atoms with Crippen molar-refractivity contribution < 1.29 is 13.2 Å². The second kappa shape index (κ2) is 7.35. The van der Waals surface area contributed by atoms with E-state index in [-0.39, 0.29) is 11.4 Å². The molecule has 5 nitrogen and oxygen atoms in total. The molecule has 0 aliphatic rings. The van der Waals surface area contributed by atoms with Crippen LogP contribution in [0, 0.1) is 6.92 Å². The number of aryl methyl sites for hydroxylation is 1. The van der Waals surface area contributed by atoms with Gasteiger partial charge in [0, 0.05) is 24.5 Å². The highest BCUT2D eigenvalue weighted by Gasteiger charge is 2.15. The lowest BCUT2D eigenvalue weighted by Crippen LogP contribution is -2.23. The van der Waals surface area contributed by atoms with E-state index in [2.05, 4.69) is 9.71 Å². The van der Waals surface area contributed by atoms with E-state index in [9.17, 15) is 8.42 Å². The molecule has 2 heterocycles. The number of thiophene rings is 1. The van der Waals surface area contributed by atoms with Gasteiger partial charge in [0.1, 0.15) is 5.75 Å². The molecule has 1 aromatic carbocycles. The Morgan fingerprint density at radius 3 is 2.68 bits per heavy atom. The largest absolute Gasteiger partial charge is 0.496 e. The van der Waals surface area contributed by atoms with E-state index in [4.69, 9.17) is 4.74 Å². The Morgan fingerprint density at radius 2 is 2.00 bits per heavy atom. The average Bonchev–Trinajstić information content (AvgIpc) is 3.15. The van der Waals surface area contributed by atoms with Crippen molar-refractivity contribution in [3.63, 3.8) is 0 Å². The van der Waals surface area contributed by atoms with Gasteiger partial charge >= 0.3 is 0 Å². The minimum absolute atomic E-state index is 0.179. The van der Waals surface area contributed by atoms with Crippen LogP contribution in [0.3, 0.4) is 0 Å². The summed E-state index contributed by atoms with van der Waals surface area (Å²) >= 11 is 1.61. The number of hydrogen-bond acceptors (Lipinski definition) is 5. The zero-order valence-corrected chi connectivity index (χ0v) is 15.5. The lowest BCUT2D eigenvalue weighted by Gasteiger charge is -2.10. The zero-order chi connectivity index (χ0) is 17.9. The van der Waals surface area contributed by atoms with Crippen LogP contribution >= 0.6 is 11.3 Å². The van der Waals surface area contributed by atoms with E-state index in [1.807, 2.05) is 29.8 Å². The minimum Gasteiger partial charge on any atom is -0.496 e. The molecule has 7 heteroatoms. The fourth-order valence-electron chi connectivity index (χ4n) is 2.45. The fourth-order valence-corrected chi connectivity index (χ4v) is 4.22. The van der Waals surface area contributed by atoms with Crippen molar-refractivity contribution in [1.29, 1.82) is 0 Å². The third-order valence-corrected chi connectivity index (χ3v) is 5.87. The molecule has 0 aliphatic heterocycles. The number of sulfonamides is 1. The molecule has 25 heavy (non-hydrogen) atoms. The van der Waals surface area contributed by atoms with Crippen molar-refractivity contribution in [3.05, 3.63) is 64.6 Å². The molecular weight excluding hydrogens is 356 g/mol. The van der Waals surface area contributed by atoms with Crippen molar-refractivity contribution in [1.82, 2.24) is 9.71 Å². The first kappa shape index (κ1) is 17.6. The van der Waals surface area contributed by atoms with Crippen LogP contribution in [0.15, 0.2) is 58.4 Å². The molecule has 1 N–H and O–H groups in total. The maximum atomic E-state index is 12.5. The molecule has 3 aromatic rings. The van der Waals surface area contributed by atoms with Gasteiger partial charge in [0.2, 0.25) is 10.0 Å². The zero-order valence-electron chi connectivity index (χ0n) is 13.9. The summed E-state index contributed by atoms with van der Waals surface area (Å²) in [7, 11) is -2.05. The summed E-state index contributed by atoms with van der Waals surface area (Å²) in [5, 5.41) is 4.03. The highest BCUT2D eigenvalue weighted by atomic mass is 32.2. The number of benzene rings is 1. The summed E-state index contributed by atoms with van der Waals surface area (Å²) in [6, 6.07) is 8.74. The van der Waals surface area contributed by atoms with Gasteiger partial charge in [-0.25, -0.2) is 13.1 Å². The van der Waals surface area contributed by atoms with Crippen LogP contribution in [0.2, 0.25) is 0 Å². The van der Waals surface area contributed by atoms with E-state index in [1.54, 1.807) is 43.0 Å². The second-order valence-electron chi connectivity index (χ2n) is 5.55. The Labute approximate surface area is 151 Å². The molecule has 0 radical (unpaired) electrons. The molecule has 3 rings (SSSR count). The second-order valence-corrected chi connectivity index (χ2v) is 8.10. The average molecular weight is 374 g/mol. The molecule has 130 valence electrons. The Hall–Kier alpha value is -2.22. The summed E-state index contributed by atoms with van der Waals surface area (Å²) in [6.07, 6.45) is 3.44. The lowest BCUT2D eigenvalue weighted by atomic mass is 10.1. The first-order chi connectivity index (χ1) is 12.0. The smallest absolute Gasteiger partial charge is 0.240 e. The van der Waals surface area contributed by atoms with Gasteiger partial charge in [-0.15, -0.1) is 0 Å². The van der Waals surface area contributed by atoms with Crippen LogP contribution in [0.25, 0.3) is 11.1 Å². The SMILES string of the molecule is COc1ccc(S(=O)(=O)NCc2cncc(-c3ccsc3)c2)cc1C. The van der Waals surface area contributed by atoms with Gasteiger partial charge in [0.15, 0.2) is 0 Å². The van der Waals surface area contributed by atoms with Gasteiger partial charge in [-0.1, -0.05) is 0 Å². The van der Waals surface area contributed by atoms with Crippen LogP contribution in [-0.2, 0) is 16.6 Å². The van der Waals surface area contributed by atoms with Gasteiger partial charge < -0.3 is 4.74 Å². The minimum atomic E-state index is -3.60. The van der Waals surface area contributed by atoms with E-state index >= 15 is 0 Å². The highest BCUT2D eigenvalue weighted by molar-refractivity contribution is 7.89. The number of ether oxygens (including phenoxy) is 1. The third kappa shape index (κ3) is 4.07. The van der Waals surface area contributed by atoms with E-state index in [1.165, 1.54) is 6.07 Å². The monoisotopic (exact) mass is 374 g/mol. The van der Waals surface area contributed by atoms with Crippen molar-refractivity contribution in [3.8, 4) is 16.9 Å². The standard InChI is InChI=1S/C18H18N2O3S2/c1-13-7-17(3-4-18(13)23-2)25(21,22)20-10-14-8-16(11-19-9-14)15-5-6-24-12-15/h3-9,11-12,20H,10H2,1-2H3. The van der Waals surface area contributed by atoms with Crippen LogP contribution in [-0.4, -0.2) is 20.5 Å². The number of methoxy groups -OCH3 is 1. The van der Waals surface area contributed by atoms with E-state index < -0.39 is 10.0 Å². The molecule has 0 saturated heterocycles. The number of pyridine rings is 1. The molecule has 0 atom stereocenters. The van der Waals surface area contributed by atoms with Gasteiger partial charge in [0.05, 0.1) is 12.0 Å². The number of nitrogens with one attached hydrogen (secondary N) is 1. The topological polar surface area (TPSA) is 68.3 Å². The van der Waals surface area contributed by atoms with Crippen LogP contribution < -0.4 is 9.46 Å². The molecule has 0 fully saturated rings. The fraction of sp³-hybridized carbons (Fsp3) is 0.167. The van der Waals surface area contributed by atoms with Gasteiger partial charge in [-0.2, -0.15) is 11.3 Å². The quantitative estimate of drug-likeness (QED) is 0.716. The molecule has 0 bridgehead atoms. The Kier molecular flexibility index (Phi) is 5.17. The first-order valence-corrected chi connectivity index (χ1v) is 10.0. The Balaban J connectivity index is 1.76. The van der Waals surface area contributed by atoms with Crippen molar-refractivity contribution in [2.45, 2.75) is 18.4 Å². The molecular formula is C18H18N2O3S2.